The Hall–Kier alpha value is -3.72. The molecule has 1 N–H and O–H groups in total. The molecule has 5 heterocycles. The van der Waals surface area contributed by atoms with Crippen molar-refractivity contribution in [3.8, 4) is 5.88 Å². The van der Waals surface area contributed by atoms with Gasteiger partial charge in [-0.1, -0.05) is 23.4 Å². The van der Waals surface area contributed by atoms with Gasteiger partial charge in [-0.05, 0) is 37.1 Å². The van der Waals surface area contributed by atoms with Crippen molar-refractivity contribution in [1.82, 2.24) is 25.0 Å². The van der Waals surface area contributed by atoms with Gasteiger partial charge in [0.15, 0.2) is 11.4 Å². The minimum absolute atomic E-state index is 0.510. The molecule has 180 valence electrons. The maximum absolute atomic E-state index is 6.12. The highest BCUT2D eigenvalue weighted by Gasteiger charge is 2.34. The molecule has 2 saturated heterocycles. The smallest absolute Gasteiger partial charge is 0.213 e. The summed E-state index contributed by atoms with van der Waals surface area (Å²) >= 11 is 0. The van der Waals surface area contributed by atoms with Gasteiger partial charge in [0.25, 0.3) is 0 Å². The van der Waals surface area contributed by atoms with Crippen molar-refractivity contribution in [2.24, 2.45) is 5.92 Å². The largest absolute Gasteiger partial charge is 0.477 e. The van der Waals surface area contributed by atoms with Crippen molar-refractivity contribution < 1.29 is 9.26 Å². The van der Waals surface area contributed by atoms with Crippen LogP contribution in [0.25, 0.3) is 11.0 Å². The number of hydrogen-bond acceptors (Lipinski definition) is 9. The second-order valence-corrected chi connectivity index (χ2v) is 9.27. The van der Waals surface area contributed by atoms with E-state index in [-0.39, 0.29) is 0 Å². The van der Waals surface area contributed by atoms with Gasteiger partial charge in [-0.25, -0.2) is 15.0 Å². The summed E-state index contributed by atoms with van der Waals surface area (Å²) in [6.07, 6.45) is 5.56. The zero-order valence-corrected chi connectivity index (χ0v) is 19.6. The number of hydrogen-bond donors (Lipinski definition) is 1. The van der Waals surface area contributed by atoms with Crippen LogP contribution in [0.3, 0.4) is 0 Å². The number of pyridine rings is 1. The monoisotopic (exact) mass is 471 g/mol. The lowest BCUT2D eigenvalue weighted by atomic mass is 9.91. The highest BCUT2D eigenvalue weighted by molar-refractivity contribution is 5.88. The van der Waals surface area contributed by atoms with Gasteiger partial charge in [-0.3, -0.25) is 4.90 Å². The fourth-order valence-electron chi connectivity index (χ4n) is 5.10. The van der Waals surface area contributed by atoms with Crippen LogP contribution in [0, 0.1) is 5.92 Å². The number of benzene rings is 1. The standard InChI is InChI=1S/C26H29N7O2/c1-2-6-23-22(5-1)26(31-35-23)33-13-12-32-15-19(8-9-21(32)16-33)17-34-25-7-3-4-20(30-25)14-28-24-10-11-27-18-29-24/h1-7,10-11,18-19,21H,8-9,12-17H2,(H,27,28,29)/t19-,21+/m1/s1. The number of rotatable bonds is 7. The molecule has 9 nitrogen and oxygen atoms in total. The van der Waals surface area contributed by atoms with E-state index >= 15 is 0 Å². The third-order valence-corrected chi connectivity index (χ3v) is 6.94. The highest BCUT2D eigenvalue weighted by Crippen LogP contribution is 2.31. The summed E-state index contributed by atoms with van der Waals surface area (Å²) in [5, 5.41) is 8.73. The molecule has 0 radical (unpaired) electrons. The molecule has 3 aromatic heterocycles. The summed E-state index contributed by atoms with van der Waals surface area (Å²) < 4.78 is 11.7. The summed E-state index contributed by atoms with van der Waals surface area (Å²) in [7, 11) is 0. The van der Waals surface area contributed by atoms with Crippen molar-refractivity contribution in [3.63, 3.8) is 0 Å². The van der Waals surface area contributed by atoms with Gasteiger partial charge < -0.3 is 19.5 Å². The van der Waals surface area contributed by atoms with E-state index in [1.807, 2.05) is 42.5 Å². The van der Waals surface area contributed by atoms with E-state index in [1.54, 1.807) is 6.20 Å². The molecule has 2 aliphatic rings. The lowest BCUT2D eigenvalue weighted by Crippen LogP contribution is -2.57. The average molecular weight is 472 g/mol. The van der Waals surface area contributed by atoms with Gasteiger partial charge in [0.2, 0.25) is 5.88 Å². The van der Waals surface area contributed by atoms with E-state index < -0.39 is 0 Å². The van der Waals surface area contributed by atoms with E-state index in [0.29, 0.717) is 31.0 Å². The quantitative estimate of drug-likeness (QED) is 0.434. The Balaban J connectivity index is 1.01. The average Bonchev–Trinajstić information content (AvgIpc) is 3.35. The van der Waals surface area contributed by atoms with Gasteiger partial charge in [0, 0.05) is 50.4 Å². The molecule has 0 saturated carbocycles. The Morgan fingerprint density at radius 1 is 1.03 bits per heavy atom. The van der Waals surface area contributed by atoms with Crippen molar-refractivity contribution in [2.45, 2.75) is 25.4 Å². The molecule has 4 aromatic rings. The maximum atomic E-state index is 6.12. The zero-order valence-electron chi connectivity index (χ0n) is 19.6. The summed E-state index contributed by atoms with van der Waals surface area (Å²) in [6.45, 7) is 5.33. The Labute approximate surface area is 204 Å². The molecule has 0 aliphatic carbocycles. The Kier molecular flexibility index (Phi) is 6.15. The first-order valence-corrected chi connectivity index (χ1v) is 12.2. The molecule has 0 bridgehead atoms. The van der Waals surface area contributed by atoms with Gasteiger partial charge in [-0.15, -0.1) is 0 Å². The first-order valence-electron chi connectivity index (χ1n) is 12.2. The molecule has 2 atom stereocenters. The van der Waals surface area contributed by atoms with E-state index in [0.717, 1.165) is 67.3 Å². The molecule has 9 heteroatoms. The number of fused-ring (bicyclic) bond motifs is 2. The first kappa shape index (κ1) is 21.8. The normalized spacial score (nSPS) is 20.5. The topological polar surface area (TPSA) is 92.4 Å². The van der Waals surface area contributed by atoms with Crippen LogP contribution in [0.5, 0.6) is 5.88 Å². The Bertz CT molecular complexity index is 1260. The van der Waals surface area contributed by atoms with Gasteiger partial charge >= 0.3 is 0 Å². The van der Waals surface area contributed by atoms with Crippen LogP contribution in [0.2, 0.25) is 0 Å². The number of ether oxygens (including phenoxy) is 1. The van der Waals surface area contributed by atoms with Crippen LogP contribution in [0.1, 0.15) is 18.5 Å². The molecular weight excluding hydrogens is 442 g/mol. The molecule has 0 amide bonds. The minimum atomic E-state index is 0.510. The Morgan fingerprint density at radius 3 is 2.94 bits per heavy atom. The second-order valence-electron chi connectivity index (χ2n) is 9.27. The number of piperazine rings is 1. The van der Waals surface area contributed by atoms with Crippen molar-refractivity contribution in [1.29, 1.82) is 0 Å². The molecule has 6 rings (SSSR count). The van der Waals surface area contributed by atoms with Crippen molar-refractivity contribution in [3.05, 3.63) is 66.7 Å². The van der Waals surface area contributed by atoms with Crippen LogP contribution in [0.15, 0.2) is 65.6 Å². The first-order chi connectivity index (χ1) is 17.3. The zero-order chi connectivity index (χ0) is 23.5. The summed E-state index contributed by atoms with van der Waals surface area (Å²) in [6, 6.07) is 16.4. The van der Waals surface area contributed by atoms with Crippen LogP contribution in [0.4, 0.5) is 11.6 Å². The molecular formula is C26H29N7O2. The van der Waals surface area contributed by atoms with Crippen molar-refractivity contribution >= 4 is 22.6 Å². The third-order valence-electron chi connectivity index (χ3n) is 6.94. The van der Waals surface area contributed by atoms with E-state index in [1.165, 1.54) is 6.33 Å². The van der Waals surface area contributed by atoms with Crippen LogP contribution in [-0.2, 0) is 6.54 Å². The van der Waals surface area contributed by atoms with Crippen LogP contribution < -0.4 is 15.0 Å². The molecule has 0 unspecified atom stereocenters. The molecule has 1 aromatic carbocycles. The Morgan fingerprint density at radius 2 is 2.00 bits per heavy atom. The fourth-order valence-corrected chi connectivity index (χ4v) is 5.10. The summed E-state index contributed by atoms with van der Waals surface area (Å²) in [5.74, 6) is 2.94. The van der Waals surface area contributed by atoms with E-state index in [9.17, 15) is 0 Å². The van der Waals surface area contributed by atoms with Gasteiger partial charge in [0.1, 0.15) is 12.1 Å². The summed E-state index contributed by atoms with van der Waals surface area (Å²) in [4.78, 5) is 17.8. The van der Waals surface area contributed by atoms with Crippen LogP contribution >= 0.6 is 0 Å². The SMILES string of the molecule is c1cc(CNc2ccncn2)nc(OC[C@@H]2CC[C@H]3CN(c4noc5ccccc45)CCN3C2)c1. The van der Waals surface area contributed by atoms with E-state index in [4.69, 9.17) is 9.26 Å². The van der Waals surface area contributed by atoms with Crippen LogP contribution in [-0.4, -0.2) is 63.8 Å². The predicted octanol–water partition coefficient (Wildman–Crippen LogP) is 3.60. The number of nitrogens with one attached hydrogen (secondary N) is 1. The van der Waals surface area contributed by atoms with Gasteiger partial charge in [0.05, 0.1) is 24.2 Å². The van der Waals surface area contributed by atoms with Crippen molar-refractivity contribution in [2.75, 3.05) is 43.0 Å². The number of aromatic nitrogens is 4. The summed E-state index contributed by atoms with van der Waals surface area (Å²) in [5.41, 5.74) is 1.77. The third kappa shape index (κ3) is 4.90. The van der Waals surface area contributed by atoms with E-state index in [2.05, 4.69) is 41.3 Å². The highest BCUT2D eigenvalue weighted by atomic mass is 16.5. The predicted molar refractivity (Wildman–Crippen MR) is 133 cm³/mol. The maximum Gasteiger partial charge on any atom is 0.213 e. The number of para-hydroxylation sites is 1. The molecule has 35 heavy (non-hydrogen) atoms. The molecule has 2 aliphatic heterocycles. The molecule has 2 fully saturated rings. The van der Waals surface area contributed by atoms with Gasteiger partial charge in [-0.2, -0.15) is 0 Å². The number of piperidine rings is 1. The number of anilines is 2. The fraction of sp³-hybridized carbons (Fsp3) is 0.385. The molecule has 0 spiro atoms. The lowest BCUT2D eigenvalue weighted by molar-refractivity contribution is 0.0716. The number of nitrogens with zero attached hydrogens (tertiary/aromatic N) is 6. The lowest BCUT2D eigenvalue weighted by Gasteiger charge is -2.46. The second kappa shape index (κ2) is 9.87. The minimum Gasteiger partial charge on any atom is -0.477 e.